The van der Waals surface area contributed by atoms with Crippen LogP contribution in [0, 0.1) is 11.8 Å². The maximum Gasteiger partial charge on any atom is 0.0914 e. The van der Waals surface area contributed by atoms with Crippen LogP contribution in [0.4, 0.5) is 0 Å². The molecule has 1 rings (SSSR count). The van der Waals surface area contributed by atoms with Crippen LogP contribution >= 0.6 is 0 Å². The SMILES string of the molecule is CC(C)CCCCC1C=C(CC(C)C)N=N1. The second-order valence-corrected chi connectivity index (χ2v) is 5.72. The van der Waals surface area contributed by atoms with E-state index in [1.807, 2.05) is 0 Å². The molecule has 1 aliphatic rings. The number of hydrogen-bond donors (Lipinski definition) is 0. The summed E-state index contributed by atoms with van der Waals surface area (Å²) in [6, 6.07) is 0.376. The summed E-state index contributed by atoms with van der Waals surface area (Å²) < 4.78 is 0. The lowest BCUT2D eigenvalue weighted by atomic mass is 10.0. The van der Waals surface area contributed by atoms with Gasteiger partial charge in [0.25, 0.3) is 0 Å². The van der Waals surface area contributed by atoms with Crippen molar-refractivity contribution in [1.29, 1.82) is 0 Å². The number of rotatable bonds is 7. The smallest absolute Gasteiger partial charge is 0.0914 e. The van der Waals surface area contributed by atoms with E-state index in [4.69, 9.17) is 0 Å². The molecule has 2 heteroatoms. The van der Waals surface area contributed by atoms with Gasteiger partial charge >= 0.3 is 0 Å². The summed E-state index contributed by atoms with van der Waals surface area (Å²) in [5.74, 6) is 1.52. The van der Waals surface area contributed by atoms with Gasteiger partial charge in [-0.2, -0.15) is 10.2 Å². The van der Waals surface area contributed by atoms with E-state index in [0.29, 0.717) is 12.0 Å². The van der Waals surface area contributed by atoms with Gasteiger partial charge in [0.05, 0.1) is 11.7 Å². The predicted octanol–water partition coefficient (Wildman–Crippen LogP) is 4.97. The van der Waals surface area contributed by atoms with E-state index in [1.54, 1.807) is 0 Å². The van der Waals surface area contributed by atoms with Crippen LogP contribution in [0.25, 0.3) is 0 Å². The van der Waals surface area contributed by atoms with E-state index in [9.17, 15) is 0 Å². The average Bonchev–Trinajstić information content (AvgIpc) is 2.59. The molecule has 92 valence electrons. The van der Waals surface area contributed by atoms with Crippen molar-refractivity contribution in [1.82, 2.24) is 0 Å². The summed E-state index contributed by atoms with van der Waals surface area (Å²) in [6.45, 7) is 9.03. The Kier molecular flexibility index (Phi) is 5.72. The lowest BCUT2D eigenvalue weighted by Crippen LogP contribution is -1.98. The fourth-order valence-corrected chi connectivity index (χ4v) is 2.01. The third kappa shape index (κ3) is 5.43. The zero-order valence-corrected chi connectivity index (χ0v) is 11.2. The van der Waals surface area contributed by atoms with E-state index in [1.165, 1.54) is 31.4 Å². The summed E-state index contributed by atoms with van der Waals surface area (Å²) in [5.41, 5.74) is 1.20. The van der Waals surface area contributed by atoms with E-state index in [0.717, 1.165) is 12.3 Å². The molecule has 0 saturated heterocycles. The Morgan fingerprint density at radius 2 is 1.88 bits per heavy atom. The lowest BCUT2D eigenvalue weighted by molar-refractivity contribution is 0.516. The number of hydrogen-bond acceptors (Lipinski definition) is 2. The average molecular weight is 222 g/mol. The number of azo groups is 1. The van der Waals surface area contributed by atoms with Gasteiger partial charge in [-0.05, 0) is 30.8 Å². The third-order valence-corrected chi connectivity index (χ3v) is 2.87. The van der Waals surface area contributed by atoms with Crippen LogP contribution in [0.5, 0.6) is 0 Å². The molecule has 1 heterocycles. The molecule has 0 N–H and O–H groups in total. The standard InChI is InChI=1S/C14H26N2/c1-11(2)7-5-6-8-13-10-14(16-15-13)9-12(3)4/h10-13H,5-9H2,1-4H3. The minimum atomic E-state index is 0.376. The highest BCUT2D eigenvalue weighted by molar-refractivity contribution is 5.09. The normalized spacial score (nSPS) is 19.9. The Balaban J connectivity index is 2.16. The number of nitrogens with zero attached hydrogens (tertiary/aromatic N) is 2. The topological polar surface area (TPSA) is 24.7 Å². The zero-order valence-electron chi connectivity index (χ0n) is 11.2. The summed E-state index contributed by atoms with van der Waals surface area (Å²) in [5, 5.41) is 8.58. The van der Waals surface area contributed by atoms with E-state index < -0.39 is 0 Å². The largest absolute Gasteiger partial charge is 0.181 e. The summed E-state index contributed by atoms with van der Waals surface area (Å²) in [4.78, 5) is 0. The highest BCUT2D eigenvalue weighted by Crippen LogP contribution is 2.23. The van der Waals surface area contributed by atoms with Crippen LogP contribution < -0.4 is 0 Å². The van der Waals surface area contributed by atoms with Crippen LogP contribution in [0.2, 0.25) is 0 Å². The van der Waals surface area contributed by atoms with Gasteiger partial charge in [-0.25, -0.2) is 0 Å². The molecule has 1 atom stereocenters. The summed E-state index contributed by atoms with van der Waals surface area (Å²) in [6.07, 6.45) is 8.47. The fourth-order valence-electron chi connectivity index (χ4n) is 2.01. The molecule has 16 heavy (non-hydrogen) atoms. The van der Waals surface area contributed by atoms with E-state index in [2.05, 4.69) is 44.0 Å². The van der Waals surface area contributed by atoms with Gasteiger partial charge in [0.15, 0.2) is 0 Å². The van der Waals surface area contributed by atoms with Crippen LogP contribution in [-0.4, -0.2) is 6.04 Å². The molecule has 1 unspecified atom stereocenters. The van der Waals surface area contributed by atoms with Crippen LogP contribution in [0.3, 0.4) is 0 Å². The maximum absolute atomic E-state index is 4.32. The highest BCUT2D eigenvalue weighted by Gasteiger charge is 2.13. The third-order valence-electron chi connectivity index (χ3n) is 2.87. The number of unbranched alkanes of at least 4 members (excludes halogenated alkanes) is 1. The Labute approximate surface area is 100 Å². The molecule has 0 aliphatic carbocycles. The predicted molar refractivity (Wildman–Crippen MR) is 69.5 cm³/mol. The Hall–Kier alpha value is -0.660. The first-order chi connectivity index (χ1) is 7.58. The Morgan fingerprint density at radius 3 is 2.50 bits per heavy atom. The van der Waals surface area contributed by atoms with Gasteiger partial charge in [0.1, 0.15) is 0 Å². The minimum Gasteiger partial charge on any atom is -0.181 e. The maximum atomic E-state index is 4.32. The van der Waals surface area contributed by atoms with Gasteiger partial charge in [-0.3, -0.25) is 0 Å². The quantitative estimate of drug-likeness (QED) is 0.543. The Bertz CT molecular complexity index is 251. The van der Waals surface area contributed by atoms with Crippen LogP contribution in [-0.2, 0) is 0 Å². The molecular formula is C14H26N2. The first-order valence-electron chi connectivity index (χ1n) is 6.69. The zero-order chi connectivity index (χ0) is 12.0. The lowest BCUT2D eigenvalue weighted by Gasteiger charge is -2.05. The first kappa shape index (κ1) is 13.4. The monoisotopic (exact) mass is 222 g/mol. The van der Waals surface area contributed by atoms with Gasteiger partial charge in [0.2, 0.25) is 0 Å². The Morgan fingerprint density at radius 1 is 1.12 bits per heavy atom. The molecular weight excluding hydrogens is 196 g/mol. The molecule has 0 aromatic carbocycles. The minimum absolute atomic E-state index is 0.376. The van der Waals surface area contributed by atoms with Crippen molar-refractivity contribution >= 4 is 0 Å². The van der Waals surface area contributed by atoms with Crippen molar-refractivity contribution in [3.63, 3.8) is 0 Å². The van der Waals surface area contributed by atoms with Crippen LogP contribution in [0.15, 0.2) is 22.0 Å². The van der Waals surface area contributed by atoms with Gasteiger partial charge in [0, 0.05) is 0 Å². The molecule has 0 aromatic heterocycles. The summed E-state index contributed by atoms with van der Waals surface area (Å²) >= 11 is 0. The second kappa shape index (κ2) is 6.82. The van der Waals surface area contributed by atoms with Gasteiger partial charge in [-0.15, -0.1) is 0 Å². The van der Waals surface area contributed by atoms with Crippen molar-refractivity contribution in [2.24, 2.45) is 22.1 Å². The van der Waals surface area contributed by atoms with Crippen molar-refractivity contribution in [3.05, 3.63) is 11.8 Å². The van der Waals surface area contributed by atoms with Crippen molar-refractivity contribution in [2.75, 3.05) is 0 Å². The molecule has 1 aliphatic heterocycles. The second-order valence-electron chi connectivity index (χ2n) is 5.72. The fraction of sp³-hybridized carbons (Fsp3) is 0.857. The molecule has 0 bridgehead atoms. The van der Waals surface area contributed by atoms with Gasteiger partial charge in [-0.1, -0.05) is 47.0 Å². The van der Waals surface area contributed by atoms with E-state index in [-0.39, 0.29) is 0 Å². The van der Waals surface area contributed by atoms with E-state index >= 15 is 0 Å². The molecule has 0 radical (unpaired) electrons. The molecule has 0 saturated carbocycles. The first-order valence-corrected chi connectivity index (χ1v) is 6.69. The highest BCUT2D eigenvalue weighted by atomic mass is 15.2. The van der Waals surface area contributed by atoms with Crippen molar-refractivity contribution in [3.8, 4) is 0 Å². The van der Waals surface area contributed by atoms with Crippen LogP contribution in [0.1, 0.15) is 59.8 Å². The van der Waals surface area contributed by atoms with Gasteiger partial charge < -0.3 is 0 Å². The molecule has 0 aromatic rings. The molecule has 0 amide bonds. The molecule has 2 nitrogen and oxygen atoms in total. The van der Waals surface area contributed by atoms with Crippen molar-refractivity contribution in [2.45, 2.75) is 65.8 Å². The summed E-state index contributed by atoms with van der Waals surface area (Å²) in [7, 11) is 0. The number of allylic oxidation sites excluding steroid dienone is 1. The molecule has 0 spiro atoms. The molecule has 0 fully saturated rings. The van der Waals surface area contributed by atoms with Crippen molar-refractivity contribution < 1.29 is 0 Å².